The molecule has 2 aromatic carbocycles. The molecule has 0 spiro atoms. The highest BCUT2D eigenvalue weighted by atomic mass is 32.1. The summed E-state index contributed by atoms with van der Waals surface area (Å²) in [6, 6.07) is 14.3. The number of aliphatic carboxylic acids is 1. The Bertz CT molecular complexity index is 1320. The maximum Gasteiger partial charge on any atom is 0.333 e. The van der Waals surface area contributed by atoms with Crippen LogP contribution in [-0.2, 0) is 22.4 Å². The molecule has 1 atom stereocenters. The lowest BCUT2D eigenvalue weighted by molar-refractivity contribution is -0.150. The predicted octanol–water partition coefficient (Wildman–Crippen LogP) is 7.42. The zero-order chi connectivity index (χ0) is 26.4. The summed E-state index contributed by atoms with van der Waals surface area (Å²) in [5.74, 6) is 1.86. The Hall–Kier alpha value is -3.16. The molecule has 196 valence electrons. The van der Waals surface area contributed by atoms with Crippen molar-refractivity contribution in [3.63, 3.8) is 0 Å². The molecule has 0 aliphatic carbocycles. The number of aryl methyl sites for hydroxylation is 2. The second kappa shape index (κ2) is 12.4. The van der Waals surface area contributed by atoms with Gasteiger partial charge in [0.25, 0.3) is 0 Å². The van der Waals surface area contributed by atoms with Crippen molar-refractivity contribution >= 4 is 27.4 Å². The van der Waals surface area contributed by atoms with Crippen LogP contribution in [-0.4, -0.2) is 35.4 Å². The number of oxazole rings is 1. The molecule has 6 nitrogen and oxygen atoms in total. The number of hydrogen-bond acceptors (Lipinski definition) is 6. The largest absolute Gasteiger partial charge is 0.493 e. The summed E-state index contributed by atoms with van der Waals surface area (Å²) in [5, 5.41) is 12.6. The number of nitrogens with zero attached hydrogens (tertiary/aromatic N) is 1. The van der Waals surface area contributed by atoms with Crippen molar-refractivity contribution in [1.29, 1.82) is 0 Å². The van der Waals surface area contributed by atoms with E-state index in [9.17, 15) is 9.90 Å². The Labute approximate surface area is 222 Å². The topological polar surface area (TPSA) is 81.8 Å². The van der Waals surface area contributed by atoms with Gasteiger partial charge in [-0.2, -0.15) is 0 Å². The van der Waals surface area contributed by atoms with Gasteiger partial charge in [-0.3, -0.25) is 0 Å². The van der Waals surface area contributed by atoms with Gasteiger partial charge in [-0.15, -0.1) is 11.3 Å². The molecule has 0 saturated heterocycles. The summed E-state index contributed by atoms with van der Waals surface area (Å²) >= 11 is 1.60. The van der Waals surface area contributed by atoms with Gasteiger partial charge >= 0.3 is 5.97 Å². The van der Waals surface area contributed by atoms with E-state index in [4.69, 9.17) is 18.9 Å². The van der Waals surface area contributed by atoms with E-state index in [0.717, 1.165) is 57.7 Å². The molecule has 37 heavy (non-hydrogen) atoms. The van der Waals surface area contributed by atoms with Crippen LogP contribution in [0.2, 0.25) is 0 Å². The zero-order valence-electron chi connectivity index (χ0n) is 22.0. The average Bonchev–Trinajstić information content (AvgIpc) is 3.52. The highest BCUT2D eigenvalue weighted by Crippen LogP contribution is 2.34. The molecule has 0 amide bonds. The van der Waals surface area contributed by atoms with Crippen LogP contribution >= 0.6 is 11.3 Å². The Morgan fingerprint density at radius 2 is 1.89 bits per heavy atom. The van der Waals surface area contributed by atoms with Gasteiger partial charge in [0.2, 0.25) is 5.89 Å². The zero-order valence-corrected chi connectivity index (χ0v) is 22.8. The van der Waals surface area contributed by atoms with Gasteiger partial charge in [0.15, 0.2) is 6.10 Å². The van der Waals surface area contributed by atoms with Crippen molar-refractivity contribution in [3.05, 3.63) is 70.4 Å². The molecular formula is C30H35NO5S. The van der Waals surface area contributed by atoms with Crippen molar-refractivity contribution in [2.24, 2.45) is 0 Å². The van der Waals surface area contributed by atoms with Crippen LogP contribution in [0.4, 0.5) is 0 Å². The van der Waals surface area contributed by atoms with Crippen LogP contribution in [0.5, 0.6) is 5.75 Å². The molecule has 0 radical (unpaired) electrons. The van der Waals surface area contributed by atoms with Crippen molar-refractivity contribution in [2.75, 3.05) is 13.2 Å². The van der Waals surface area contributed by atoms with Gasteiger partial charge in [0.1, 0.15) is 11.5 Å². The van der Waals surface area contributed by atoms with E-state index in [0.29, 0.717) is 31.4 Å². The number of thiophene rings is 1. The Morgan fingerprint density at radius 1 is 1.11 bits per heavy atom. The Morgan fingerprint density at radius 3 is 2.59 bits per heavy atom. The molecule has 0 fully saturated rings. The van der Waals surface area contributed by atoms with Gasteiger partial charge in [-0.25, -0.2) is 9.78 Å². The molecule has 4 rings (SSSR count). The molecule has 2 aromatic heterocycles. The van der Waals surface area contributed by atoms with Crippen molar-refractivity contribution in [3.8, 4) is 17.2 Å². The number of hydrogen-bond donors (Lipinski definition) is 1. The first-order valence-electron chi connectivity index (χ1n) is 12.9. The summed E-state index contributed by atoms with van der Waals surface area (Å²) in [4.78, 5) is 16.4. The average molecular weight is 522 g/mol. The lowest BCUT2D eigenvalue weighted by atomic mass is 10.0. The molecule has 1 unspecified atom stereocenters. The van der Waals surface area contributed by atoms with E-state index in [1.54, 1.807) is 11.3 Å². The van der Waals surface area contributed by atoms with E-state index in [-0.39, 0.29) is 0 Å². The quantitative estimate of drug-likeness (QED) is 0.184. The third-order valence-electron chi connectivity index (χ3n) is 6.39. The third kappa shape index (κ3) is 6.59. The molecule has 1 N–H and O–H groups in total. The number of benzene rings is 2. The maximum absolute atomic E-state index is 11.6. The van der Waals surface area contributed by atoms with Crippen LogP contribution < -0.4 is 4.74 Å². The molecule has 4 aromatic rings. The van der Waals surface area contributed by atoms with Crippen LogP contribution in [0.1, 0.15) is 62.1 Å². The number of carboxylic acid groups (broad SMARTS) is 1. The monoisotopic (exact) mass is 521 g/mol. The summed E-state index contributed by atoms with van der Waals surface area (Å²) in [5.41, 5.74) is 4.20. The van der Waals surface area contributed by atoms with Crippen molar-refractivity contribution in [1.82, 2.24) is 4.98 Å². The standard InChI is InChI=1S/C30H35NO5S/c1-5-15-34-27(30(32)33)18-23-12-13-26(24-14-17-37-28(23)24)35-16-6-7-25-20(4)36-29(31-25)22-10-8-21(9-11-22)19(2)3/h8-14,17,19,27H,5-7,15-16,18H2,1-4H3,(H,32,33). The number of ether oxygens (including phenoxy) is 2. The van der Waals surface area contributed by atoms with Gasteiger partial charge in [-0.05, 0) is 72.9 Å². The fourth-order valence-corrected chi connectivity index (χ4v) is 5.21. The molecule has 0 aliphatic rings. The number of aromatic nitrogens is 1. The smallest absolute Gasteiger partial charge is 0.333 e. The van der Waals surface area contributed by atoms with Gasteiger partial charge in [0.05, 0.1) is 12.3 Å². The lowest BCUT2D eigenvalue weighted by Gasteiger charge is -2.15. The highest BCUT2D eigenvalue weighted by Gasteiger charge is 2.21. The predicted molar refractivity (Wildman–Crippen MR) is 148 cm³/mol. The summed E-state index contributed by atoms with van der Waals surface area (Å²) < 4.78 is 18.7. The van der Waals surface area contributed by atoms with Crippen LogP contribution in [0.25, 0.3) is 21.5 Å². The maximum atomic E-state index is 11.6. The lowest BCUT2D eigenvalue weighted by Crippen LogP contribution is -2.26. The van der Waals surface area contributed by atoms with E-state index < -0.39 is 12.1 Å². The minimum Gasteiger partial charge on any atom is -0.493 e. The van der Waals surface area contributed by atoms with Gasteiger partial charge < -0.3 is 19.0 Å². The van der Waals surface area contributed by atoms with Crippen molar-refractivity contribution in [2.45, 2.75) is 65.4 Å². The first-order valence-corrected chi connectivity index (χ1v) is 13.8. The first kappa shape index (κ1) is 26.9. The van der Waals surface area contributed by atoms with Crippen LogP contribution in [0.15, 0.2) is 52.3 Å². The molecule has 0 saturated carbocycles. The molecule has 2 heterocycles. The van der Waals surface area contributed by atoms with Gasteiger partial charge in [-0.1, -0.05) is 39.0 Å². The molecular weight excluding hydrogens is 486 g/mol. The van der Waals surface area contributed by atoms with E-state index in [1.165, 1.54) is 5.56 Å². The second-order valence-corrected chi connectivity index (χ2v) is 10.5. The van der Waals surface area contributed by atoms with E-state index in [1.807, 2.05) is 37.4 Å². The summed E-state index contributed by atoms with van der Waals surface area (Å²) in [6.07, 6.45) is 1.84. The Balaban J connectivity index is 1.36. The van der Waals surface area contributed by atoms with E-state index >= 15 is 0 Å². The minimum atomic E-state index is -0.933. The van der Waals surface area contributed by atoms with E-state index in [2.05, 4.69) is 38.1 Å². The summed E-state index contributed by atoms with van der Waals surface area (Å²) in [7, 11) is 0. The second-order valence-electron chi connectivity index (χ2n) is 9.54. The highest BCUT2D eigenvalue weighted by molar-refractivity contribution is 7.17. The normalized spacial score (nSPS) is 12.4. The van der Waals surface area contributed by atoms with Crippen LogP contribution in [0.3, 0.4) is 0 Å². The molecule has 7 heteroatoms. The minimum absolute atomic E-state index is 0.334. The molecule has 0 aliphatic heterocycles. The fourth-order valence-electron chi connectivity index (χ4n) is 4.27. The number of rotatable bonds is 13. The number of carboxylic acids is 1. The van der Waals surface area contributed by atoms with Gasteiger partial charge in [0, 0.05) is 28.7 Å². The first-order chi connectivity index (χ1) is 17.9. The summed E-state index contributed by atoms with van der Waals surface area (Å²) in [6.45, 7) is 9.27. The fraction of sp³-hybridized carbons (Fsp3) is 0.400. The van der Waals surface area contributed by atoms with Crippen molar-refractivity contribution < 1.29 is 23.8 Å². The Kier molecular flexibility index (Phi) is 9.00. The number of carbonyl (C=O) groups is 1. The molecule has 0 bridgehead atoms. The van der Waals surface area contributed by atoms with Crippen LogP contribution in [0, 0.1) is 6.92 Å². The number of fused-ring (bicyclic) bond motifs is 1. The SMILES string of the molecule is CCCOC(Cc1ccc(OCCCc2nc(-c3ccc(C(C)C)cc3)oc2C)c2ccsc12)C(=O)O. The third-order valence-corrected chi connectivity index (χ3v) is 7.38.